The summed E-state index contributed by atoms with van der Waals surface area (Å²) in [6.07, 6.45) is 1.28. The smallest absolute Gasteiger partial charge is 0.243 e. The highest BCUT2D eigenvalue weighted by molar-refractivity contribution is 7.89. The number of carbonyl (C=O) groups is 1. The van der Waals surface area contributed by atoms with Gasteiger partial charge in [0.25, 0.3) is 0 Å². The summed E-state index contributed by atoms with van der Waals surface area (Å²) in [7, 11) is -2.01. The predicted octanol–water partition coefficient (Wildman–Crippen LogP) is 4.17. The molecule has 1 atom stereocenters. The van der Waals surface area contributed by atoms with Gasteiger partial charge in [-0.2, -0.15) is 4.31 Å². The Bertz CT molecular complexity index is 1190. The number of methoxy groups -OCH3 is 1. The molecule has 1 aliphatic heterocycles. The highest BCUT2D eigenvalue weighted by Crippen LogP contribution is 2.28. The van der Waals surface area contributed by atoms with Gasteiger partial charge < -0.3 is 10.1 Å². The third-order valence-electron chi connectivity index (χ3n) is 5.53. The van der Waals surface area contributed by atoms with Crippen molar-refractivity contribution in [3.63, 3.8) is 0 Å². The molecule has 1 aliphatic rings. The van der Waals surface area contributed by atoms with Gasteiger partial charge in [-0.05, 0) is 56.2 Å². The summed E-state index contributed by atoms with van der Waals surface area (Å²) < 4.78 is 32.6. The van der Waals surface area contributed by atoms with Crippen LogP contribution in [0.5, 0.6) is 5.75 Å². The van der Waals surface area contributed by atoms with E-state index in [4.69, 9.17) is 4.74 Å². The van der Waals surface area contributed by atoms with E-state index in [1.807, 2.05) is 36.6 Å². The molecule has 2 aromatic carbocycles. The molecule has 1 saturated heterocycles. The molecular formula is C23H25N3O4S2. The molecule has 0 aliphatic carbocycles. The molecule has 0 bridgehead atoms. The molecule has 1 N–H and O–H groups in total. The lowest BCUT2D eigenvalue weighted by Gasteiger charge is -2.31. The van der Waals surface area contributed by atoms with Gasteiger partial charge in [0.1, 0.15) is 5.75 Å². The fraction of sp³-hybridized carbons (Fsp3) is 0.304. The summed E-state index contributed by atoms with van der Waals surface area (Å²) in [4.78, 5) is 17.6. The molecule has 1 aromatic heterocycles. The van der Waals surface area contributed by atoms with Gasteiger partial charge in [0.05, 0.1) is 23.6 Å². The van der Waals surface area contributed by atoms with Crippen molar-refractivity contribution in [2.45, 2.75) is 24.7 Å². The number of aryl methyl sites for hydroxylation is 1. The first kappa shape index (κ1) is 22.4. The van der Waals surface area contributed by atoms with Gasteiger partial charge in [-0.15, -0.1) is 11.3 Å². The molecule has 0 spiro atoms. The Balaban J connectivity index is 1.42. The molecular weight excluding hydrogens is 446 g/mol. The first-order valence-electron chi connectivity index (χ1n) is 10.3. The number of nitrogens with zero attached hydrogens (tertiary/aromatic N) is 2. The summed E-state index contributed by atoms with van der Waals surface area (Å²) >= 11 is 1.35. The van der Waals surface area contributed by atoms with E-state index in [1.54, 1.807) is 31.4 Å². The standard InChI is InChI=1S/C23H25N3O4S2/c1-16-5-11-20(12-6-16)32(28,29)26-13-3-4-18(14-26)22(27)25-23-24-21(15-31-23)17-7-9-19(30-2)10-8-17/h5-12,15,18H,3-4,13-14H2,1-2H3,(H,24,25,27)/t18-/m1/s1. The van der Waals surface area contributed by atoms with Crippen molar-refractivity contribution in [3.05, 3.63) is 59.5 Å². The molecule has 2 heterocycles. The fourth-order valence-corrected chi connectivity index (χ4v) is 5.91. The van der Waals surface area contributed by atoms with Crippen molar-refractivity contribution in [3.8, 4) is 17.0 Å². The number of amides is 1. The van der Waals surface area contributed by atoms with Crippen molar-refractivity contribution in [1.29, 1.82) is 0 Å². The highest BCUT2D eigenvalue weighted by Gasteiger charge is 2.33. The van der Waals surface area contributed by atoms with Gasteiger partial charge in [-0.25, -0.2) is 13.4 Å². The van der Waals surface area contributed by atoms with Gasteiger partial charge in [-0.3, -0.25) is 4.79 Å². The Morgan fingerprint density at radius 2 is 1.88 bits per heavy atom. The van der Waals surface area contributed by atoms with Crippen LogP contribution in [0, 0.1) is 12.8 Å². The zero-order valence-corrected chi connectivity index (χ0v) is 19.6. The number of rotatable bonds is 6. The molecule has 0 radical (unpaired) electrons. The molecule has 9 heteroatoms. The average molecular weight is 472 g/mol. The van der Waals surface area contributed by atoms with E-state index in [9.17, 15) is 13.2 Å². The van der Waals surface area contributed by atoms with Crippen LogP contribution in [-0.4, -0.2) is 43.8 Å². The summed E-state index contributed by atoms with van der Waals surface area (Å²) in [5.74, 6) is 0.140. The Morgan fingerprint density at radius 3 is 2.56 bits per heavy atom. The second-order valence-corrected chi connectivity index (χ2v) is 10.6. The summed E-state index contributed by atoms with van der Waals surface area (Å²) in [6.45, 7) is 2.49. The van der Waals surface area contributed by atoms with Crippen LogP contribution in [0.15, 0.2) is 58.8 Å². The molecule has 32 heavy (non-hydrogen) atoms. The average Bonchev–Trinajstić information content (AvgIpc) is 3.28. The monoisotopic (exact) mass is 471 g/mol. The van der Waals surface area contributed by atoms with Crippen molar-refractivity contribution in [2.24, 2.45) is 5.92 Å². The number of sulfonamides is 1. The number of ether oxygens (including phenoxy) is 1. The van der Waals surface area contributed by atoms with Gasteiger partial charge in [0.15, 0.2) is 5.13 Å². The van der Waals surface area contributed by atoms with Crippen molar-refractivity contribution >= 4 is 32.4 Å². The molecule has 0 saturated carbocycles. The number of piperidine rings is 1. The Labute approximate surface area is 192 Å². The maximum absolute atomic E-state index is 13.0. The lowest BCUT2D eigenvalue weighted by atomic mass is 9.99. The predicted molar refractivity (Wildman–Crippen MR) is 125 cm³/mol. The van der Waals surface area contributed by atoms with Crippen molar-refractivity contribution in [2.75, 3.05) is 25.5 Å². The number of benzene rings is 2. The van der Waals surface area contributed by atoms with Crippen molar-refractivity contribution in [1.82, 2.24) is 9.29 Å². The summed E-state index contributed by atoms with van der Waals surface area (Å²) in [6, 6.07) is 14.3. The second kappa shape index (κ2) is 9.40. The van der Waals surface area contributed by atoms with Crippen molar-refractivity contribution < 1.29 is 17.9 Å². The van der Waals surface area contributed by atoms with E-state index in [2.05, 4.69) is 10.3 Å². The summed E-state index contributed by atoms with van der Waals surface area (Å²) in [5.41, 5.74) is 2.69. The molecule has 1 amide bonds. The molecule has 3 aromatic rings. The van der Waals surface area contributed by atoms with Crippen LogP contribution in [0.2, 0.25) is 0 Å². The Kier molecular flexibility index (Phi) is 6.59. The van der Waals surface area contributed by atoms with Gasteiger partial charge in [-0.1, -0.05) is 17.7 Å². The van der Waals surface area contributed by atoms with E-state index in [1.165, 1.54) is 15.6 Å². The first-order valence-corrected chi connectivity index (χ1v) is 12.7. The normalized spacial score (nSPS) is 17.1. The molecule has 7 nitrogen and oxygen atoms in total. The van der Waals surface area contributed by atoms with Crippen LogP contribution in [0.1, 0.15) is 18.4 Å². The number of anilines is 1. The SMILES string of the molecule is COc1ccc(-c2csc(NC(=O)[C@@H]3CCCN(S(=O)(=O)c4ccc(C)cc4)C3)n2)cc1. The fourth-order valence-electron chi connectivity index (χ4n) is 3.67. The minimum atomic E-state index is -3.63. The minimum Gasteiger partial charge on any atom is -0.497 e. The van der Waals surface area contributed by atoms with Gasteiger partial charge in [0, 0.05) is 24.0 Å². The van der Waals surface area contributed by atoms with E-state index < -0.39 is 15.9 Å². The third kappa shape index (κ3) is 4.85. The Morgan fingerprint density at radius 1 is 1.16 bits per heavy atom. The number of hydrogen-bond donors (Lipinski definition) is 1. The largest absolute Gasteiger partial charge is 0.497 e. The maximum Gasteiger partial charge on any atom is 0.243 e. The quantitative estimate of drug-likeness (QED) is 0.583. The van der Waals surface area contributed by atoms with Crippen LogP contribution in [0.4, 0.5) is 5.13 Å². The zero-order chi connectivity index (χ0) is 22.7. The lowest BCUT2D eigenvalue weighted by Crippen LogP contribution is -2.43. The number of nitrogens with one attached hydrogen (secondary N) is 1. The van der Waals surface area contributed by atoms with Crippen LogP contribution in [0.3, 0.4) is 0 Å². The molecule has 1 fully saturated rings. The molecule has 0 unspecified atom stereocenters. The number of thiazole rings is 1. The number of carbonyl (C=O) groups excluding carboxylic acids is 1. The van der Waals surface area contributed by atoms with Crippen LogP contribution in [-0.2, 0) is 14.8 Å². The third-order valence-corrected chi connectivity index (χ3v) is 8.17. The van der Waals surface area contributed by atoms with E-state index >= 15 is 0 Å². The molecule has 4 rings (SSSR count). The second-order valence-electron chi connectivity index (χ2n) is 7.77. The van der Waals surface area contributed by atoms with E-state index in [0.717, 1.165) is 22.6 Å². The van der Waals surface area contributed by atoms with E-state index in [-0.39, 0.29) is 17.3 Å². The maximum atomic E-state index is 13.0. The van der Waals surface area contributed by atoms with Crippen LogP contribution >= 0.6 is 11.3 Å². The van der Waals surface area contributed by atoms with Gasteiger partial charge >= 0.3 is 0 Å². The topological polar surface area (TPSA) is 88.6 Å². The lowest BCUT2D eigenvalue weighted by molar-refractivity contribution is -0.120. The molecule has 168 valence electrons. The van der Waals surface area contributed by atoms with Gasteiger partial charge in [0.2, 0.25) is 15.9 Å². The number of hydrogen-bond acceptors (Lipinski definition) is 6. The van der Waals surface area contributed by atoms with Crippen LogP contribution < -0.4 is 10.1 Å². The Hall–Kier alpha value is -2.75. The van der Waals surface area contributed by atoms with E-state index in [0.29, 0.717) is 24.5 Å². The zero-order valence-electron chi connectivity index (χ0n) is 17.9. The number of aromatic nitrogens is 1. The minimum absolute atomic E-state index is 0.165. The first-order chi connectivity index (χ1) is 15.4. The van der Waals surface area contributed by atoms with Crippen LogP contribution in [0.25, 0.3) is 11.3 Å². The highest BCUT2D eigenvalue weighted by atomic mass is 32.2. The summed E-state index contributed by atoms with van der Waals surface area (Å²) in [5, 5.41) is 5.25.